The first-order chi connectivity index (χ1) is 6.52. The van der Waals surface area contributed by atoms with Crippen LogP contribution in [0.25, 0.3) is 0 Å². The molecule has 1 unspecified atom stereocenters. The molecule has 1 saturated heterocycles. The lowest BCUT2D eigenvalue weighted by molar-refractivity contribution is -0.141. The first-order valence-electron chi connectivity index (χ1n) is 4.99. The van der Waals surface area contributed by atoms with Gasteiger partial charge >= 0.3 is 0 Å². The Labute approximate surface area is 83.9 Å². The van der Waals surface area contributed by atoms with Crippen LogP contribution in [0.1, 0.15) is 26.7 Å². The zero-order valence-corrected chi connectivity index (χ0v) is 8.69. The van der Waals surface area contributed by atoms with Crippen molar-refractivity contribution in [1.29, 1.82) is 0 Å². The van der Waals surface area contributed by atoms with E-state index in [0.29, 0.717) is 13.1 Å². The number of rotatable bonds is 2. The maximum absolute atomic E-state index is 11.4. The van der Waals surface area contributed by atoms with E-state index < -0.39 is 6.10 Å². The zero-order chi connectivity index (χ0) is 10.7. The number of ketones is 1. The van der Waals surface area contributed by atoms with E-state index in [0.717, 1.165) is 12.8 Å². The summed E-state index contributed by atoms with van der Waals surface area (Å²) in [6.07, 6.45) is 0.533. The molecule has 1 fully saturated rings. The van der Waals surface area contributed by atoms with Crippen LogP contribution in [-0.4, -0.2) is 40.9 Å². The number of carbonyl (C=O) groups is 2. The number of aliphatic hydroxyl groups excluding tert-OH is 1. The van der Waals surface area contributed by atoms with Crippen molar-refractivity contribution in [2.45, 2.75) is 32.8 Å². The maximum Gasteiger partial charge on any atom is 0.251 e. The van der Waals surface area contributed by atoms with Crippen LogP contribution in [0.2, 0.25) is 0 Å². The Kier molecular flexibility index (Phi) is 3.63. The first kappa shape index (κ1) is 11.2. The van der Waals surface area contributed by atoms with E-state index in [1.165, 1.54) is 6.92 Å². The summed E-state index contributed by atoms with van der Waals surface area (Å²) >= 11 is 0. The molecule has 80 valence electrons. The van der Waals surface area contributed by atoms with Crippen molar-refractivity contribution in [2.75, 3.05) is 13.1 Å². The fourth-order valence-electron chi connectivity index (χ4n) is 1.77. The quantitative estimate of drug-likeness (QED) is 0.691. The summed E-state index contributed by atoms with van der Waals surface area (Å²) in [5, 5.41) is 9.09. The van der Waals surface area contributed by atoms with Crippen LogP contribution in [0.5, 0.6) is 0 Å². The lowest BCUT2D eigenvalue weighted by Crippen LogP contribution is -2.43. The highest BCUT2D eigenvalue weighted by atomic mass is 16.3. The second-order valence-electron chi connectivity index (χ2n) is 3.89. The molecule has 1 heterocycles. The number of hydrogen-bond donors (Lipinski definition) is 1. The van der Waals surface area contributed by atoms with Crippen molar-refractivity contribution in [2.24, 2.45) is 5.92 Å². The van der Waals surface area contributed by atoms with Crippen molar-refractivity contribution in [3.63, 3.8) is 0 Å². The van der Waals surface area contributed by atoms with E-state index in [1.807, 2.05) is 0 Å². The maximum atomic E-state index is 11.4. The molecule has 0 saturated carbocycles. The number of aliphatic hydroxyl groups is 1. The Balaban J connectivity index is 2.43. The smallest absolute Gasteiger partial charge is 0.251 e. The van der Waals surface area contributed by atoms with Crippen molar-refractivity contribution < 1.29 is 14.7 Å². The van der Waals surface area contributed by atoms with E-state index in [9.17, 15) is 9.59 Å². The van der Waals surface area contributed by atoms with Gasteiger partial charge < -0.3 is 10.0 Å². The molecule has 0 aromatic carbocycles. The van der Waals surface area contributed by atoms with E-state index in [1.54, 1.807) is 11.8 Å². The van der Waals surface area contributed by atoms with Gasteiger partial charge in [0.25, 0.3) is 5.91 Å². The fraction of sp³-hybridized carbons (Fsp3) is 0.800. The molecule has 4 nitrogen and oxygen atoms in total. The highest BCUT2D eigenvalue weighted by molar-refractivity contribution is 5.81. The zero-order valence-electron chi connectivity index (χ0n) is 8.69. The second-order valence-corrected chi connectivity index (χ2v) is 3.89. The first-order valence-corrected chi connectivity index (χ1v) is 4.99. The van der Waals surface area contributed by atoms with Crippen molar-refractivity contribution in [1.82, 2.24) is 4.90 Å². The average Bonchev–Trinajstić information content (AvgIpc) is 2.16. The summed E-state index contributed by atoms with van der Waals surface area (Å²) in [7, 11) is 0. The monoisotopic (exact) mass is 199 g/mol. The van der Waals surface area contributed by atoms with Crippen molar-refractivity contribution >= 4 is 11.7 Å². The Morgan fingerprint density at radius 3 is 2.21 bits per heavy atom. The van der Waals surface area contributed by atoms with Gasteiger partial charge in [0.05, 0.1) is 0 Å². The largest absolute Gasteiger partial charge is 0.384 e. The van der Waals surface area contributed by atoms with E-state index in [-0.39, 0.29) is 17.6 Å². The van der Waals surface area contributed by atoms with Crippen LogP contribution in [0.15, 0.2) is 0 Å². The minimum absolute atomic E-state index is 0.105. The molecular weight excluding hydrogens is 182 g/mol. The molecule has 0 aliphatic carbocycles. The van der Waals surface area contributed by atoms with Crippen LogP contribution in [0.3, 0.4) is 0 Å². The van der Waals surface area contributed by atoms with Crippen molar-refractivity contribution in [3.8, 4) is 0 Å². The minimum atomic E-state index is -0.927. The summed E-state index contributed by atoms with van der Waals surface area (Å²) in [6, 6.07) is 0. The normalized spacial score (nSPS) is 20.6. The molecule has 0 spiro atoms. The molecule has 1 aliphatic heterocycles. The third-order valence-corrected chi connectivity index (χ3v) is 2.74. The van der Waals surface area contributed by atoms with Gasteiger partial charge in [-0.2, -0.15) is 0 Å². The fourth-order valence-corrected chi connectivity index (χ4v) is 1.77. The van der Waals surface area contributed by atoms with Gasteiger partial charge in [-0.15, -0.1) is 0 Å². The van der Waals surface area contributed by atoms with Crippen LogP contribution < -0.4 is 0 Å². The summed E-state index contributed by atoms with van der Waals surface area (Å²) in [5.41, 5.74) is 0. The van der Waals surface area contributed by atoms with Gasteiger partial charge in [-0.25, -0.2) is 0 Å². The minimum Gasteiger partial charge on any atom is -0.384 e. The van der Waals surface area contributed by atoms with Gasteiger partial charge in [0.2, 0.25) is 0 Å². The number of Topliss-reactive ketones (excluding diaryl/α,β-unsaturated/α-hetero) is 1. The average molecular weight is 199 g/mol. The van der Waals surface area contributed by atoms with E-state index >= 15 is 0 Å². The highest BCUT2D eigenvalue weighted by Gasteiger charge is 2.26. The predicted molar refractivity (Wildman–Crippen MR) is 51.7 cm³/mol. The number of nitrogens with zero attached hydrogens (tertiary/aromatic N) is 1. The summed E-state index contributed by atoms with van der Waals surface area (Å²) < 4.78 is 0. The Bertz CT molecular complexity index is 230. The highest BCUT2D eigenvalue weighted by Crippen LogP contribution is 2.18. The van der Waals surface area contributed by atoms with Gasteiger partial charge in [0.1, 0.15) is 11.9 Å². The number of amides is 1. The third kappa shape index (κ3) is 2.54. The lowest BCUT2D eigenvalue weighted by Gasteiger charge is -2.31. The molecule has 1 atom stereocenters. The van der Waals surface area contributed by atoms with Gasteiger partial charge in [0, 0.05) is 19.0 Å². The summed E-state index contributed by atoms with van der Waals surface area (Å²) in [6.45, 7) is 4.25. The SMILES string of the molecule is CC(=O)C1CCN(C(=O)C(C)O)CC1. The number of piperidine rings is 1. The predicted octanol–water partition coefficient (Wildman–Crippen LogP) is 0.195. The third-order valence-electron chi connectivity index (χ3n) is 2.74. The molecule has 0 aromatic rings. The molecule has 1 aliphatic rings. The number of carbonyl (C=O) groups excluding carboxylic acids is 2. The topological polar surface area (TPSA) is 57.6 Å². The molecular formula is C10H17NO3. The summed E-state index contributed by atoms with van der Waals surface area (Å²) in [4.78, 5) is 24.1. The lowest BCUT2D eigenvalue weighted by atomic mass is 9.93. The van der Waals surface area contributed by atoms with Gasteiger partial charge in [-0.05, 0) is 26.7 Å². The van der Waals surface area contributed by atoms with Crippen LogP contribution >= 0.6 is 0 Å². The van der Waals surface area contributed by atoms with Crippen molar-refractivity contribution in [3.05, 3.63) is 0 Å². The Morgan fingerprint density at radius 1 is 1.36 bits per heavy atom. The molecule has 1 rings (SSSR count). The van der Waals surface area contributed by atoms with Crippen LogP contribution in [0, 0.1) is 5.92 Å². The molecule has 1 N–H and O–H groups in total. The molecule has 14 heavy (non-hydrogen) atoms. The van der Waals surface area contributed by atoms with E-state index in [2.05, 4.69) is 0 Å². The standard InChI is InChI=1S/C10H17NO3/c1-7(12)9-3-5-11(6-4-9)10(14)8(2)13/h8-9,13H,3-6H2,1-2H3. The number of likely N-dealkylation sites (tertiary alicyclic amines) is 1. The second kappa shape index (κ2) is 4.55. The van der Waals surface area contributed by atoms with Gasteiger partial charge in [0.15, 0.2) is 0 Å². The Hall–Kier alpha value is -0.900. The van der Waals surface area contributed by atoms with Gasteiger partial charge in [-0.3, -0.25) is 9.59 Å². The Morgan fingerprint density at radius 2 is 1.86 bits per heavy atom. The molecule has 0 bridgehead atoms. The van der Waals surface area contributed by atoms with E-state index in [4.69, 9.17) is 5.11 Å². The van der Waals surface area contributed by atoms with Gasteiger partial charge in [-0.1, -0.05) is 0 Å². The number of hydrogen-bond acceptors (Lipinski definition) is 3. The molecule has 1 amide bonds. The molecule has 4 heteroatoms. The van der Waals surface area contributed by atoms with Crippen LogP contribution in [-0.2, 0) is 9.59 Å². The summed E-state index contributed by atoms with van der Waals surface area (Å²) in [5.74, 6) is 0.0780. The molecule has 0 aromatic heterocycles. The van der Waals surface area contributed by atoms with Crippen LogP contribution in [0.4, 0.5) is 0 Å². The molecule has 0 radical (unpaired) electrons.